The molecule has 3 heterocycles. The van der Waals surface area contributed by atoms with E-state index in [4.69, 9.17) is 18.6 Å². The van der Waals surface area contributed by atoms with Crippen LogP contribution in [0.4, 0.5) is 5.82 Å². The molecule has 5 rings (SSSR count). The van der Waals surface area contributed by atoms with E-state index in [-0.39, 0.29) is 11.5 Å². The molecule has 0 saturated carbocycles. The second-order valence-corrected chi connectivity index (χ2v) is 6.22. The summed E-state index contributed by atoms with van der Waals surface area (Å²) in [4.78, 5) is 12.6. The largest absolute Gasteiger partial charge is 0.486 e. The van der Waals surface area contributed by atoms with Crippen molar-refractivity contribution in [2.24, 2.45) is 0 Å². The first-order chi connectivity index (χ1) is 14.3. The molecule has 0 spiro atoms. The van der Waals surface area contributed by atoms with E-state index in [1.54, 1.807) is 12.1 Å². The number of fused-ring (bicyclic) bond motifs is 1. The molecule has 0 fully saturated rings. The van der Waals surface area contributed by atoms with Crippen molar-refractivity contribution in [3.05, 3.63) is 60.3 Å². The van der Waals surface area contributed by atoms with Gasteiger partial charge in [-0.25, -0.2) is 4.63 Å². The zero-order valence-electron chi connectivity index (χ0n) is 15.0. The van der Waals surface area contributed by atoms with Gasteiger partial charge in [0.1, 0.15) is 13.2 Å². The number of carbonyl (C=O) groups excluding carboxylic acids is 1. The van der Waals surface area contributed by atoms with Crippen LogP contribution < -0.4 is 14.8 Å². The molecule has 29 heavy (non-hydrogen) atoms. The minimum atomic E-state index is -0.495. The van der Waals surface area contributed by atoms with Gasteiger partial charge in [-0.1, -0.05) is 35.5 Å². The number of aromatic nitrogens is 3. The first-order valence-corrected chi connectivity index (χ1v) is 8.84. The van der Waals surface area contributed by atoms with Gasteiger partial charge >= 0.3 is 0 Å². The molecule has 1 aliphatic rings. The lowest BCUT2D eigenvalue weighted by atomic mass is 10.1. The molecule has 9 nitrogen and oxygen atoms in total. The van der Waals surface area contributed by atoms with Crippen LogP contribution >= 0.6 is 0 Å². The smallest absolute Gasteiger partial charge is 0.279 e. The molecule has 0 unspecified atom stereocenters. The summed E-state index contributed by atoms with van der Waals surface area (Å²) in [5, 5.41) is 14.1. The summed E-state index contributed by atoms with van der Waals surface area (Å²) < 4.78 is 21.2. The summed E-state index contributed by atoms with van der Waals surface area (Å²) in [5.41, 5.74) is 2.00. The number of ether oxygens (including phenoxy) is 2. The molecule has 1 N–H and O–H groups in total. The fourth-order valence-electron chi connectivity index (χ4n) is 2.94. The van der Waals surface area contributed by atoms with Gasteiger partial charge in [0.2, 0.25) is 5.82 Å². The van der Waals surface area contributed by atoms with Gasteiger partial charge in [-0.3, -0.25) is 4.79 Å². The zero-order valence-corrected chi connectivity index (χ0v) is 15.0. The molecule has 0 atom stereocenters. The summed E-state index contributed by atoms with van der Waals surface area (Å²) >= 11 is 0. The van der Waals surface area contributed by atoms with E-state index in [1.807, 2.05) is 36.4 Å². The molecule has 0 radical (unpaired) electrons. The molecule has 144 valence electrons. The Kier molecular flexibility index (Phi) is 4.17. The number of hydrogen-bond acceptors (Lipinski definition) is 8. The first kappa shape index (κ1) is 17.0. The van der Waals surface area contributed by atoms with Crippen LogP contribution in [-0.4, -0.2) is 34.6 Å². The Morgan fingerprint density at radius 1 is 0.862 bits per heavy atom. The van der Waals surface area contributed by atoms with Crippen LogP contribution in [0.25, 0.3) is 22.6 Å². The Labute approximate surface area is 164 Å². The quantitative estimate of drug-likeness (QED) is 0.564. The number of nitrogens with one attached hydrogen (secondary N) is 1. The van der Waals surface area contributed by atoms with E-state index in [9.17, 15) is 4.79 Å². The van der Waals surface area contributed by atoms with Crippen LogP contribution in [0.2, 0.25) is 0 Å². The topological polar surface area (TPSA) is 113 Å². The van der Waals surface area contributed by atoms with Gasteiger partial charge in [0.25, 0.3) is 5.91 Å². The summed E-state index contributed by atoms with van der Waals surface area (Å²) in [5.74, 6) is 1.42. The maximum atomic E-state index is 12.6. The minimum absolute atomic E-state index is 0.0944. The number of amides is 1. The molecule has 9 heteroatoms. The maximum absolute atomic E-state index is 12.6. The van der Waals surface area contributed by atoms with Gasteiger partial charge in [0.15, 0.2) is 28.6 Å². The van der Waals surface area contributed by atoms with Crippen molar-refractivity contribution in [2.75, 3.05) is 18.5 Å². The number of hydrogen-bond donors (Lipinski definition) is 1. The highest BCUT2D eigenvalue weighted by atomic mass is 16.6. The van der Waals surface area contributed by atoms with Crippen molar-refractivity contribution in [1.82, 2.24) is 15.5 Å². The molecule has 2 aromatic carbocycles. The Morgan fingerprint density at radius 3 is 2.55 bits per heavy atom. The second-order valence-electron chi connectivity index (χ2n) is 6.22. The van der Waals surface area contributed by atoms with Crippen molar-refractivity contribution in [2.45, 2.75) is 0 Å². The van der Waals surface area contributed by atoms with Gasteiger partial charge in [0.05, 0.1) is 0 Å². The van der Waals surface area contributed by atoms with Crippen molar-refractivity contribution >= 4 is 11.7 Å². The number of nitrogens with zero attached hydrogens (tertiary/aromatic N) is 3. The third kappa shape index (κ3) is 3.29. The van der Waals surface area contributed by atoms with Crippen molar-refractivity contribution in [1.29, 1.82) is 0 Å². The van der Waals surface area contributed by atoms with Crippen molar-refractivity contribution in [3.8, 4) is 34.1 Å². The van der Waals surface area contributed by atoms with Gasteiger partial charge in [-0.05, 0) is 28.5 Å². The lowest BCUT2D eigenvalue weighted by molar-refractivity contribution is 0.101. The van der Waals surface area contributed by atoms with E-state index < -0.39 is 5.91 Å². The standard InChI is InChI=1S/C20H14N4O5/c25-20(21-19-18(23-29-24-19)12-4-2-1-3-5-12)14-11-16(28-22-14)13-6-7-15-17(10-13)27-9-8-26-15/h1-7,10-11H,8-9H2,(H,21,24,25). The van der Waals surface area contributed by atoms with Crippen LogP contribution in [0.1, 0.15) is 10.5 Å². The van der Waals surface area contributed by atoms with Crippen LogP contribution in [-0.2, 0) is 0 Å². The molecule has 0 aliphatic carbocycles. The lowest BCUT2D eigenvalue weighted by Crippen LogP contribution is -2.15. The fraction of sp³-hybridized carbons (Fsp3) is 0.100. The van der Waals surface area contributed by atoms with E-state index in [1.165, 1.54) is 6.07 Å². The highest BCUT2D eigenvalue weighted by molar-refractivity contribution is 6.04. The number of rotatable bonds is 4. The molecule has 1 aliphatic heterocycles. The number of benzene rings is 2. The van der Waals surface area contributed by atoms with Gasteiger partial charge in [-0.2, -0.15) is 0 Å². The van der Waals surface area contributed by atoms with Gasteiger partial charge in [-0.15, -0.1) is 0 Å². The Morgan fingerprint density at radius 2 is 1.69 bits per heavy atom. The summed E-state index contributed by atoms with van der Waals surface area (Å²) in [7, 11) is 0. The normalized spacial score (nSPS) is 12.6. The van der Waals surface area contributed by atoms with Crippen molar-refractivity contribution < 1.29 is 23.4 Å². The second kappa shape index (κ2) is 7.12. The van der Waals surface area contributed by atoms with Gasteiger partial charge in [0, 0.05) is 17.2 Å². The molecular formula is C20H14N4O5. The Hall–Kier alpha value is -4.14. The average molecular weight is 390 g/mol. The number of anilines is 1. The first-order valence-electron chi connectivity index (χ1n) is 8.84. The third-order valence-electron chi connectivity index (χ3n) is 4.34. The third-order valence-corrected chi connectivity index (χ3v) is 4.34. The summed E-state index contributed by atoms with van der Waals surface area (Å²) in [6.45, 7) is 0.997. The SMILES string of the molecule is O=C(Nc1nonc1-c1ccccc1)c1cc(-c2ccc3c(c2)OCCO3)on1. The van der Waals surface area contributed by atoms with Crippen LogP contribution in [0, 0.1) is 0 Å². The maximum Gasteiger partial charge on any atom is 0.279 e. The predicted octanol–water partition coefficient (Wildman–Crippen LogP) is 3.42. The van der Waals surface area contributed by atoms with Crippen molar-refractivity contribution in [3.63, 3.8) is 0 Å². The van der Waals surface area contributed by atoms with E-state index in [2.05, 4.69) is 20.8 Å². The minimum Gasteiger partial charge on any atom is -0.486 e. The highest BCUT2D eigenvalue weighted by Gasteiger charge is 2.20. The summed E-state index contributed by atoms with van der Waals surface area (Å²) in [6, 6.07) is 16.2. The highest BCUT2D eigenvalue weighted by Crippen LogP contribution is 2.34. The number of carbonyl (C=O) groups is 1. The molecular weight excluding hydrogens is 376 g/mol. The van der Waals surface area contributed by atoms with E-state index in [0.717, 1.165) is 5.56 Å². The fourth-order valence-corrected chi connectivity index (χ4v) is 2.94. The monoisotopic (exact) mass is 390 g/mol. The lowest BCUT2D eigenvalue weighted by Gasteiger charge is -2.18. The van der Waals surface area contributed by atoms with Crippen LogP contribution in [0.5, 0.6) is 11.5 Å². The predicted molar refractivity (Wildman–Crippen MR) is 101 cm³/mol. The molecule has 0 bridgehead atoms. The van der Waals surface area contributed by atoms with Gasteiger partial charge < -0.3 is 19.3 Å². The van der Waals surface area contributed by atoms with E-state index >= 15 is 0 Å². The van der Waals surface area contributed by atoms with E-state index in [0.29, 0.717) is 41.7 Å². The molecule has 0 saturated heterocycles. The molecule has 4 aromatic rings. The zero-order chi connectivity index (χ0) is 19.6. The van der Waals surface area contributed by atoms with Crippen LogP contribution in [0.3, 0.4) is 0 Å². The Bertz CT molecular complexity index is 1170. The molecule has 2 aromatic heterocycles. The Balaban J connectivity index is 1.36. The van der Waals surface area contributed by atoms with Crippen LogP contribution in [0.15, 0.2) is 63.7 Å². The molecule has 1 amide bonds. The average Bonchev–Trinajstić information content (AvgIpc) is 3.44. The summed E-state index contributed by atoms with van der Waals surface area (Å²) in [6.07, 6.45) is 0.